The Labute approximate surface area is 99.6 Å². The van der Waals surface area contributed by atoms with E-state index in [1.54, 1.807) is 18.2 Å². The van der Waals surface area contributed by atoms with E-state index in [2.05, 4.69) is 5.32 Å². The monoisotopic (exact) mass is 236 g/mol. The van der Waals surface area contributed by atoms with Crippen LogP contribution in [0, 0.1) is 0 Å². The number of fused-ring (bicyclic) bond motifs is 1. The van der Waals surface area contributed by atoms with E-state index in [1.807, 2.05) is 6.92 Å². The molecule has 0 saturated carbocycles. The number of nitrogens with one attached hydrogen (secondary N) is 1. The first-order chi connectivity index (χ1) is 8.11. The number of rotatable bonds is 3. The van der Waals surface area contributed by atoms with E-state index in [-0.39, 0.29) is 17.7 Å². The molecule has 4 N–H and O–H groups in total. The number of carboxylic acid groups (broad SMARTS) is 1. The van der Waals surface area contributed by atoms with Gasteiger partial charge in [0.1, 0.15) is 11.9 Å². The molecule has 0 spiro atoms. The van der Waals surface area contributed by atoms with Crippen molar-refractivity contribution in [2.75, 3.05) is 11.9 Å². The molecule has 0 bridgehead atoms. The molecule has 0 radical (unpaired) electrons. The second-order valence-electron chi connectivity index (χ2n) is 4.18. The van der Waals surface area contributed by atoms with E-state index in [0.717, 1.165) is 12.1 Å². The Bertz CT molecular complexity index is 434. The molecule has 1 aliphatic heterocycles. The van der Waals surface area contributed by atoms with E-state index >= 15 is 0 Å². The summed E-state index contributed by atoms with van der Waals surface area (Å²) in [5.41, 5.74) is 6.58. The van der Waals surface area contributed by atoms with Crippen LogP contribution in [0.3, 0.4) is 0 Å². The number of ether oxygens (including phenoxy) is 1. The first-order valence-corrected chi connectivity index (χ1v) is 5.62. The molecule has 0 aliphatic carbocycles. The molecular weight excluding hydrogens is 220 g/mol. The summed E-state index contributed by atoms with van der Waals surface area (Å²) < 4.78 is 5.77. The maximum absolute atomic E-state index is 10.9. The molecule has 0 fully saturated rings. The van der Waals surface area contributed by atoms with E-state index in [4.69, 9.17) is 15.6 Å². The molecule has 0 amide bonds. The number of hydrogen-bond donors (Lipinski definition) is 3. The van der Waals surface area contributed by atoms with Gasteiger partial charge in [0.15, 0.2) is 0 Å². The summed E-state index contributed by atoms with van der Waals surface area (Å²) in [5, 5.41) is 12.2. The molecule has 1 aromatic rings. The van der Waals surface area contributed by atoms with Crippen LogP contribution in [0.2, 0.25) is 0 Å². The molecule has 2 atom stereocenters. The first-order valence-electron chi connectivity index (χ1n) is 5.62. The summed E-state index contributed by atoms with van der Waals surface area (Å²) in [6.45, 7) is 2.57. The molecule has 2 rings (SSSR count). The number of carboxylic acids is 1. The minimum absolute atomic E-state index is 0.0171. The molecule has 17 heavy (non-hydrogen) atoms. The van der Waals surface area contributed by atoms with E-state index in [1.165, 1.54) is 0 Å². The summed E-state index contributed by atoms with van der Waals surface area (Å²) in [5.74, 6) is -0.369. The van der Waals surface area contributed by atoms with Crippen LogP contribution >= 0.6 is 0 Å². The van der Waals surface area contributed by atoms with Crippen molar-refractivity contribution in [3.63, 3.8) is 0 Å². The number of hydrogen-bond acceptors (Lipinski definition) is 4. The van der Waals surface area contributed by atoms with Gasteiger partial charge < -0.3 is 20.9 Å². The van der Waals surface area contributed by atoms with Crippen molar-refractivity contribution >= 4 is 11.7 Å². The predicted molar refractivity (Wildman–Crippen MR) is 64.6 cm³/mol. The van der Waals surface area contributed by atoms with Crippen molar-refractivity contribution in [2.45, 2.75) is 25.5 Å². The fourth-order valence-electron chi connectivity index (χ4n) is 1.95. The van der Waals surface area contributed by atoms with Gasteiger partial charge in [0, 0.05) is 0 Å². The second kappa shape index (κ2) is 4.63. The van der Waals surface area contributed by atoms with E-state index < -0.39 is 5.97 Å². The van der Waals surface area contributed by atoms with Gasteiger partial charge in [-0.05, 0) is 38.1 Å². The van der Waals surface area contributed by atoms with Crippen molar-refractivity contribution in [1.82, 2.24) is 0 Å². The molecule has 92 valence electrons. The van der Waals surface area contributed by atoms with Gasteiger partial charge in [-0.15, -0.1) is 0 Å². The van der Waals surface area contributed by atoms with Crippen LogP contribution < -0.4 is 15.8 Å². The first kappa shape index (κ1) is 11.7. The average molecular weight is 236 g/mol. The highest BCUT2D eigenvalue weighted by Gasteiger charge is 2.26. The highest BCUT2D eigenvalue weighted by atomic mass is 16.5. The number of nitrogens with two attached hydrogens (primary N) is 1. The minimum Gasteiger partial charge on any atom is -0.486 e. The largest absolute Gasteiger partial charge is 0.486 e. The molecule has 0 saturated heterocycles. The van der Waals surface area contributed by atoms with Gasteiger partial charge in [0.2, 0.25) is 0 Å². The number of anilines is 1. The lowest BCUT2D eigenvalue weighted by Gasteiger charge is -2.33. The van der Waals surface area contributed by atoms with Crippen LogP contribution in [0.4, 0.5) is 5.69 Å². The van der Waals surface area contributed by atoms with Crippen LogP contribution in [0.15, 0.2) is 18.2 Å². The normalized spacial score (nSPS) is 22.2. The maximum atomic E-state index is 10.9. The smallest absolute Gasteiger partial charge is 0.335 e. The van der Waals surface area contributed by atoms with Crippen molar-refractivity contribution in [3.05, 3.63) is 23.8 Å². The number of benzene rings is 1. The third-order valence-electron chi connectivity index (χ3n) is 2.90. The molecule has 1 aromatic carbocycles. The van der Waals surface area contributed by atoms with Crippen LogP contribution in [-0.4, -0.2) is 29.8 Å². The molecule has 5 nitrogen and oxygen atoms in total. The van der Waals surface area contributed by atoms with Crippen LogP contribution in [0.5, 0.6) is 5.75 Å². The fraction of sp³-hybridized carbons (Fsp3) is 0.417. The molecule has 0 aromatic heterocycles. The summed E-state index contributed by atoms with van der Waals surface area (Å²) in [7, 11) is 0. The lowest BCUT2D eigenvalue weighted by Crippen LogP contribution is -2.40. The molecule has 5 heteroatoms. The number of carbonyl (C=O) groups is 1. The molecule has 1 heterocycles. The highest BCUT2D eigenvalue weighted by Crippen LogP contribution is 2.32. The summed E-state index contributed by atoms with van der Waals surface area (Å²) in [6, 6.07) is 5.00. The molecule has 1 aliphatic rings. The lowest BCUT2D eigenvalue weighted by molar-refractivity contribution is 0.0695. The van der Waals surface area contributed by atoms with Crippen molar-refractivity contribution in [3.8, 4) is 5.75 Å². The fourth-order valence-corrected chi connectivity index (χ4v) is 1.95. The van der Waals surface area contributed by atoms with Crippen LogP contribution in [0.25, 0.3) is 0 Å². The minimum atomic E-state index is -0.953. The van der Waals surface area contributed by atoms with Crippen molar-refractivity contribution in [2.24, 2.45) is 5.73 Å². The molecular formula is C12H16N2O3. The second-order valence-corrected chi connectivity index (χ2v) is 4.18. The summed E-state index contributed by atoms with van der Waals surface area (Å²) in [6.07, 6.45) is 0.724. The standard InChI is InChI=1S/C12H16N2O3/c1-7-10(4-5-13)17-11-6-8(12(15)16)2-3-9(11)14-7/h2-3,6-7,10,14H,4-5,13H2,1H3,(H,15,16). The summed E-state index contributed by atoms with van der Waals surface area (Å²) in [4.78, 5) is 10.9. The van der Waals surface area contributed by atoms with Gasteiger partial charge >= 0.3 is 5.97 Å². The van der Waals surface area contributed by atoms with Crippen molar-refractivity contribution in [1.29, 1.82) is 0 Å². The van der Waals surface area contributed by atoms with E-state index in [9.17, 15) is 4.79 Å². The average Bonchev–Trinajstić information content (AvgIpc) is 2.29. The maximum Gasteiger partial charge on any atom is 0.335 e. The Hall–Kier alpha value is -1.75. The van der Waals surface area contributed by atoms with E-state index in [0.29, 0.717) is 12.3 Å². The third kappa shape index (κ3) is 2.34. The Balaban J connectivity index is 2.27. The topological polar surface area (TPSA) is 84.6 Å². The van der Waals surface area contributed by atoms with Crippen molar-refractivity contribution < 1.29 is 14.6 Å². The quantitative estimate of drug-likeness (QED) is 0.736. The predicted octanol–water partition coefficient (Wildman–Crippen LogP) is 1.29. The SMILES string of the molecule is CC1Nc2ccc(C(=O)O)cc2OC1CCN. The van der Waals surface area contributed by atoms with Crippen LogP contribution in [-0.2, 0) is 0 Å². The Morgan fingerprint density at radius 2 is 2.35 bits per heavy atom. The Morgan fingerprint density at radius 1 is 1.59 bits per heavy atom. The van der Waals surface area contributed by atoms with Gasteiger partial charge in [0.25, 0.3) is 0 Å². The van der Waals surface area contributed by atoms with Gasteiger partial charge in [-0.2, -0.15) is 0 Å². The van der Waals surface area contributed by atoms with Gasteiger partial charge in [-0.3, -0.25) is 0 Å². The summed E-state index contributed by atoms with van der Waals surface area (Å²) >= 11 is 0. The zero-order valence-corrected chi connectivity index (χ0v) is 9.64. The Morgan fingerprint density at radius 3 is 3.00 bits per heavy atom. The Kier molecular flexibility index (Phi) is 3.19. The lowest BCUT2D eigenvalue weighted by atomic mass is 10.1. The van der Waals surface area contributed by atoms with Gasteiger partial charge in [-0.25, -0.2) is 4.79 Å². The highest BCUT2D eigenvalue weighted by molar-refractivity contribution is 5.89. The van der Waals surface area contributed by atoms with Gasteiger partial charge in [0.05, 0.1) is 17.3 Å². The molecule has 2 unspecified atom stereocenters. The third-order valence-corrected chi connectivity index (χ3v) is 2.90. The van der Waals surface area contributed by atoms with Crippen LogP contribution in [0.1, 0.15) is 23.7 Å². The zero-order chi connectivity index (χ0) is 12.4. The zero-order valence-electron chi connectivity index (χ0n) is 9.64. The number of aromatic carboxylic acids is 1. The van der Waals surface area contributed by atoms with Gasteiger partial charge in [-0.1, -0.05) is 0 Å².